The molecule has 2 heterocycles. The van der Waals surface area contributed by atoms with Crippen LogP contribution >= 0.6 is 0 Å². The van der Waals surface area contributed by atoms with Crippen LogP contribution in [0.15, 0.2) is 0 Å². The molecule has 1 fully saturated rings. The Morgan fingerprint density at radius 1 is 1.14 bits per heavy atom. The molecule has 0 radical (unpaired) electrons. The summed E-state index contributed by atoms with van der Waals surface area (Å²) in [4.78, 5) is 10.3. The van der Waals surface area contributed by atoms with Crippen molar-refractivity contribution in [3.63, 3.8) is 0 Å². The van der Waals surface area contributed by atoms with Crippen LogP contribution in [0.5, 0.6) is 0 Å². The van der Waals surface area contributed by atoms with Crippen LogP contribution in [0, 0.1) is 0 Å². The van der Waals surface area contributed by atoms with Gasteiger partial charge in [0.15, 0.2) is 0 Å². The van der Waals surface area contributed by atoms with Gasteiger partial charge in [-0.1, -0.05) is 13.8 Å². The van der Waals surface area contributed by atoms with Gasteiger partial charge in [-0.2, -0.15) is 0 Å². The summed E-state index contributed by atoms with van der Waals surface area (Å²) in [6, 6.07) is 0.547. The maximum absolute atomic E-state index is 5.06. The molecule has 4 heteroatoms. The van der Waals surface area contributed by atoms with Gasteiger partial charge in [0.25, 0.3) is 0 Å². The highest BCUT2D eigenvalue weighted by Crippen LogP contribution is 2.33. The zero-order valence-electron chi connectivity index (χ0n) is 14.6. The van der Waals surface area contributed by atoms with Crippen molar-refractivity contribution in [1.29, 1.82) is 0 Å². The van der Waals surface area contributed by atoms with Crippen molar-refractivity contribution in [2.45, 2.75) is 58.4 Å². The maximum atomic E-state index is 5.06. The Labute approximate surface area is 135 Å². The fourth-order valence-electron chi connectivity index (χ4n) is 4.20. The first-order valence-corrected chi connectivity index (χ1v) is 9.25. The van der Waals surface area contributed by atoms with E-state index in [1.807, 2.05) is 0 Å². The summed E-state index contributed by atoms with van der Waals surface area (Å²) in [5, 5.41) is 0. The summed E-state index contributed by atoms with van der Waals surface area (Å²) in [5.74, 6) is 1.34. The van der Waals surface area contributed by atoms with E-state index >= 15 is 0 Å². The lowest BCUT2D eigenvalue weighted by Crippen LogP contribution is -2.35. The zero-order valence-corrected chi connectivity index (χ0v) is 14.6. The molecular weight excluding hydrogens is 272 g/mol. The van der Waals surface area contributed by atoms with Gasteiger partial charge in [-0.3, -0.25) is 4.90 Å². The largest absolute Gasteiger partial charge is 0.334 e. The van der Waals surface area contributed by atoms with Crippen molar-refractivity contribution in [2.24, 2.45) is 7.05 Å². The fourth-order valence-corrected chi connectivity index (χ4v) is 4.20. The SMILES string of the molecule is CCN(CC)CCN1CCC[C@H]1c1nc2c(n1C)CCCC2. The predicted molar refractivity (Wildman–Crippen MR) is 91.2 cm³/mol. The molecule has 0 N–H and O–H groups in total. The molecule has 1 aliphatic heterocycles. The van der Waals surface area contributed by atoms with Crippen molar-refractivity contribution in [1.82, 2.24) is 19.4 Å². The van der Waals surface area contributed by atoms with Crippen molar-refractivity contribution < 1.29 is 0 Å². The van der Waals surface area contributed by atoms with Gasteiger partial charge in [0.05, 0.1) is 11.7 Å². The standard InChI is InChI=1S/C18H32N4/c1-4-21(5-2)13-14-22-12-8-11-17(22)18-19-15-9-6-7-10-16(15)20(18)3/h17H,4-14H2,1-3H3/t17-/m0/s1. The first kappa shape index (κ1) is 16.0. The van der Waals surface area contributed by atoms with Crippen molar-refractivity contribution in [3.05, 3.63) is 17.2 Å². The van der Waals surface area contributed by atoms with Gasteiger partial charge in [-0.25, -0.2) is 4.98 Å². The maximum Gasteiger partial charge on any atom is 0.126 e. The summed E-state index contributed by atoms with van der Waals surface area (Å²) >= 11 is 0. The van der Waals surface area contributed by atoms with Gasteiger partial charge in [-0.15, -0.1) is 0 Å². The second-order valence-corrected chi connectivity index (χ2v) is 6.85. The number of aromatic nitrogens is 2. The van der Waals surface area contributed by atoms with E-state index < -0.39 is 0 Å². The van der Waals surface area contributed by atoms with E-state index in [1.165, 1.54) is 75.4 Å². The Morgan fingerprint density at radius 2 is 1.91 bits per heavy atom. The third-order valence-corrected chi connectivity index (χ3v) is 5.67. The molecule has 1 aliphatic carbocycles. The molecule has 0 bridgehead atoms. The van der Waals surface area contributed by atoms with E-state index in [4.69, 9.17) is 4.98 Å². The predicted octanol–water partition coefficient (Wildman–Crippen LogP) is 2.78. The monoisotopic (exact) mass is 304 g/mol. The quantitative estimate of drug-likeness (QED) is 0.808. The van der Waals surface area contributed by atoms with Gasteiger partial charge < -0.3 is 9.47 Å². The summed E-state index contributed by atoms with van der Waals surface area (Å²) in [7, 11) is 2.24. The Bertz CT molecular complexity index is 490. The molecule has 1 aromatic rings. The van der Waals surface area contributed by atoms with E-state index in [1.54, 1.807) is 0 Å². The lowest BCUT2D eigenvalue weighted by molar-refractivity contribution is 0.197. The van der Waals surface area contributed by atoms with Gasteiger partial charge >= 0.3 is 0 Å². The molecule has 0 spiro atoms. The Hall–Kier alpha value is -0.870. The number of likely N-dealkylation sites (N-methyl/N-ethyl adjacent to an activating group) is 1. The lowest BCUT2D eigenvalue weighted by Gasteiger charge is -2.27. The zero-order chi connectivity index (χ0) is 15.5. The Kier molecular flexibility index (Phi) is 5.19. The molecule has 0 saturated carbocycles. The normalized spacial score (nSPS) is 22.5. The van der Waals surface area contributed by atoms with Crippen LogP contribution in [0.3, 0.4) is 0 Å². The Morgan fingerprint density at radius 3 is 2.64 bits per heavy atom. The molecule has 1 aromatic heterocycles. The number of fused-ring (bicyclic) bond motifs is 1. The van der Waals surface area contributed by atoms with Crippen molar-refractivity contribution >= 4 is 0 Å². The summed E-state index contributed by atoms with van der Waals surface area (Å²) in [5.41, 5.74) is 2.90. The highest BCUT2D eigenvalue weighted by atomic mass is 15.3. The van der Waals surface area contributed by atoms with Crippen molar-refractivity contribution in [3.8, 4) is 0 Å². The van der Waals surface area contributed by atoms with E-state index in [0.29, 0.717) is 6.04 Å². The molecular formula is C18H32N4. The third kappa shape index (κ3) is 3.09. The second-order valence-electron chi connectivity index (χ2n) is 6.85. The average Bonchev–Trinajstić information content (AvgIpc) is 3.13. The molecule has 1 atom stereocenters. The molecule has 1 saturated heterocycles. The van der Waals surface area contributed by atoms with Gasteiger partial charge in [0, 0.05) is 25.8 Å². The number of hydrogen-bond acceptors (Lipinski definition) is 3. The van der Waals surface area contributed by atoms with Crippen molar-refractivity contribution in [2.75, 3.05) is 32.7 Å². The topological polar surface area (TPSA) is 24.3 Å². The second kappa shape index (κ2) is 7.14. The van der Waals surface area contributed by atoms with E-state index in [-0.39, 0.29) is 0 Å². The van der Waals surface area contributed by atoms with Crippen LogP contribution in [-0.4, -0.2) is 52.1 Å². The minimum Gasteiger partial charge on any atom is -0.334 e. The average molecular weight is 304 g/mol. The highest BCUT2D eigenvalue weighted by Gasteiger charge is 2.31. The van der Waals surface area contributed by atoms with E-state index in [2.05, 4.69) is 35.3 Å². The first-order valence-electron chi connectivity index (χ1n) is 9.25. The number of likely N-dealkylation sites (tertiary alicyclic amines) is 1. The number of hydrogen-bond donors (Lipinski definition) is 0. The number of nitrogens with zero attached hydrogens (tertiary/aromatic N) is 4. The summed E-state index contributed by atoms with van der Waals surface area (Å²) in [6.07, 6.45) is 7.67. The third-order valence-electron chi connectivity index (χ3n) is 5.67. The lowest BCUT2D eigenvalue weighted by atomic mass is 10.0. The van der Waals surface area contributed by atoms with Crippen LogP contribution in [0.4, 0.5) is 0 Å². The van der Waals surface area contributed by atoms with Crippen LogP contribution in [0.2, 0.25) is 0 Å². The highest BCUT2D eigenvalue weighted by molar-refractivity contribution is 5.22. The van der Waals surface area contributed by atoms with Gasteiger partial charge in [0.2, 0.25) is 0 Å². The van der Waals surface area contributed by atoms with Crippen LogP contribution in [-0.2, 0) is 19.9 Å². The molecule has 4 nitrogen and oxygen atoms in total. The molecule has 0 amide bonds. The molecule has 0 aromatic carbocycles. The summed E-state index contributed by atoms with van der Waals surface area (Å²) < 4.78 is 2.43. The number of imidazole rings is 1. The first-order chi connectivity index (χ1) is 10.7. The van der Waals surface area contributed by atoms with E-state index in [9.17, 15) is 0 Å². The van der Waals surface area contributed by atoms with Gasteiger partial charge in [-0.05, 0) is 58.2 Å². The molecule has 2 aliphatic rings. The minimum atomic E-state index is 0.547. The molecule has 22 heavy (non-hydrogen) atoms. The van der Waals surface area contributed by atoms with Crippen LogP contribution in [0.25, 0.3) is 0 Å². The molecule has 3 rings (SSSR count). The minimum absolute atomic E-state index is 0.547. The fraction of sp³-hybridized carbons (Fsp3) is 0.833. The molecule has 0 unspecified atom stereocenters. The number of rotatable bonds is 6. The summed E-state index contributed by atoms with van der Waals surface area (Å²) in [6.45, 7) is 10.5. The molecule has 124 valence electrons. The van der Waals surface area contributed by atoms with Crippen LogP contribution in [0.1, 0.15) is 62.8 Å². The van der Waals surface area contributed by atoms with Gasteiger partial charge in [0.1, 0.15) is 5.82 Å². The Balaban J connectivity index is 1.71. The van der Waals surface area contributed by atoms with E-state index in [0.717, 1.165) is 13.1 Å². The van der Waals surface area contributed by atoms with Crippen LogP contribution < -0.4 is 0 Å². The smallest absolute Gasteiger partial charge is 0.126 e. The number of aryl methyl sites for hydroxylation is 1.